The monoisotopic (exact) mass is 456 g/mol. The molecule has 168 valence electrons. The Hall–Kier alpha value is -4.68. The first-order chi connectivity index (χ1) is 17.8. The van der Waals surface area contributed by atoms with Crippen molar-refractivity contribution in [3.63, 3.8) is 0 Å². The van der Waals surface area contributed by atoms with Gasteiger partial charge in [-0.15, -0.1) is 0 Å². The van der Waals surface area contributed by atoms with Gasteiger partial charge < -0.3 is 0 Å². The van der Waals surface area contributed by atoms with Gasteiger partial charge in [-0.1, -0.05) is 133 Å². The lowest BCUT2D eigenvalue weighted by molar-refractivity contribution is 1.59. The Bertz CT molecular complexity index is 1880. The van der Waals surface area contributed by atoms with E-state index in [0.717, 1.165) is 0 Å². The van der Waals surface area contributed by atoms with E-state index >= 15 is 0 Å². The average Bonchev–Trinajstić information content (AvgIpc) is 2.96. The SMILES string of the molecule is c1ccc(-c2ccccc2-c2ccc3cc(-c4cccc5ccc6ccccc6c45)ccc3c2)cc1. The van der Waals surface area contributed by atoms with E-state index in [-0.39, 0.29) is 0 Å². The molecule has 0 unspecified atom stereocenters. The fraction of sp³-hybridized carbons (Fsp3) is 0. The summed E-state index contributed by atoms with van der Waals surface area (Å²) in [4.78, 5) is 0. The molecule has 7 aromatic rings. The summed E-state index contributed by atoms with van der Waals surface area (Å²) in [7, 11) is 0. The second kappa shape index (κ2) is 8.52. The van der Waals surface area contributed by atoms with Gasteiger partial charge in [-0.2, -0.15) is 0 Å². The van der Waals surface area contributed by atoms with Gasteiger partial charge in [-0.05, 0) is 77.8 Å². The first kappa shape index (κ1) is 20.7. The van der Waals surface area contributed by atoms with Crippen LogP contribution in [-0.4, -0.2) is 0 Å². The molecule has 0 atom stereocenters. The minimum atomic E-state index is 1.24. The zero-order chi connectivity index (χ0) is 23.9. The highest BCUT2D eigenvalue weighted by atomic mass is 14.1. The maximum Gasteiger partial charge on any atom is -0.00268 e. The quantitative estimate of drug-likeness (QED) is 0.232. The van der Waals surface area contributed by atoms with Crippen LogP contribution in [0.5, 0.6) is 0 Å². The second-order valence-corrected chi connectivity index (χ2v) is 9.38. The molecule has 7 aromatic carbocycles. The summed E-state index contributed by atoms with van der Waals surface area (Å²) >= 11 is 0. The molecule has 0 bridgehead atoms. The van der Waals surface area contributed by atoms with E-state index in [0.29, 0.717) is 0 Å². The van der Waals surface area contributed by atoms with E-state index in [4.69, 9.17) is 0 Å². The van der Waals surface area contributed by atoms with Crippen molar-refractivity contribution in [3.05, 3.63) is 146 Å². The highest BCUT2D eigenvalue weighted by molar-refractivity contribution is 6.14. The molecular weight excluding hydrogens is 432 g/mol. The fourth-order valence-electron chi connectivity index (χ4n) is 5.48. The summed E-state index contributed by atoms with van der Waals surface area (Å²) in [6.45, 7) is 0. The van der Waals surface area contributed by atoms with E-state index in [1.54, 1.807) is 0 Å². The van der Waals surface area contributed by atoms with Crippen LogP contribution in [0.4, 0.5) is 0 Å². The Morgan fingerprint density at radius 2 is 0.806 bits per heavy atom. The van der Waals surface area contributed by atoms with Crippen molar-refractivity contribution in [2.45, 2.75) is 0 Å². The van der Waals surface area contributed by atoms with Crippen molar-refractivity contribution >= 4 is 32.3 Å². The van der Waals surface area contributed by atoms with Crippen LogP contribution in [0.25, 0.3) is 65.7 Å². The number of rotatable bonds is 3. The van der Waals surface area contributed by atoms with Crippen LogP contribution in [0, 0.1) is 0 Å². The van der Waals surface area contributed by atoms with Crippen LogP contribution in [0.1, 0.15) is 0 Å². The summed E-state index contributed by atoms with van der Waals surface area (Å²) in [6, 6.07) is 52.8. The van der Waals surface area contributed by atoms with Crippen LogP contribution in [0.3, 0.4) is 0 Å². The lowest BCUT2D eigenvalue weighted by Gasteiger charge is -2.13. The molecule has 0 aliphatic rings. The molecular formula is C36H24. The maximum atomic E-state index is 2.33. The van der Waals surface area contributed by atoms with Crippen molar-refractivity contribution in [1.29, 1.82) is 0 Å². The van der Waals surface area contributed by atoms with Crippen molar-refractivity contribution in [3.8, 4) is 33.4 Å². The third-order valence-corrected chi connectivity index (χ3v) is 7.24. The molecule has 0 fully saturated rings. The molecule has 0 saturated heterocycles. The molecule has 7 rings (SSSR count). The second-order valence-electron chi connectivity index (χ2n) is 9.38. The van der Waals surface area contributed by atoms with Gasteiger partial charge in [0.1, 0.15) is 0 Å². The normalized spacial score (nSPS) is 11.3. The Balaban J connectivity index is 1.37. The molecule has 0 nitrogen and oxygen atoms in total. The third-order valence-electron chi connectivity index (χ3n) is 7.24. The maximum absolute atomic E-state index is 2.33. The van der Waals surface area contributed by atoms with E-state index in [1.165, 1.54) is 65.7 Å². The van der Waals surface area contributed by atoms with Gasteiger partial charge >= 0.3 is 0 Å². The highest BCUT2D eigenvalue weighted by Crippen LogP contribution is 2.37. The largest absolute Gasteiger partial charge is 0.0622 e. The summed E-state index contributed by atoms with van der Waals surface area (Å²) in [5, 5.41) is 7.69. The first-order valence-corrected chi connectivity index (χ1v) is 12.4. The minimum Gasteiger partial charge on any atom is -0.0622 e. The molecule has 0 radical (unpaired) electrons. The van der Waals surface area contributed by atoms with E-state index in [1.807, 2.05) is 0 Å². The van der Waals surface area contributed by atoms with Gasteiger partial charge in [0.15, 0.2) is 0 Å². The van der Waals surface area contributed by atoms with E-state index in [2.05, 4.69) is 146 Å². The van der Waals surface area contributed by atoms with Crippen LogP contribution < -0.4 is 0 Å². The average molecular weight is 457 g/mol. The van der Waals surface area contributed by atoms with Crippen molar-refractivity contribution < 1.29 is 0 Å². The molecule has 0 aromatic heterocycles. The van der Waals surface area contributed by atoms with Crippen molar-refractivity contribution in [2.24, 2.45) is 0 Å². The zero-order valence-corrected chi connectivity index (χ0v) is 19.9. The Kier molecular flexibility index (Phi) is 4.89. The molecule has 0 aliphatic heterocycles. The Labute approximate surface area is 211 Å². The number of benzene rings is 7. The lowest BCUT2D eigenvalue weighted by atomic mass is 9.91. The topological polar surface area (TPSA) is 0 Å². The molecule has 0 heteroatoms. The van der Waals surface area contributed by atoms with Gasteiger partial charge in [0, 0.05) is 0 Å². The summed E-state index contributed by atoms with van der Waals surface area (Å²) in [5.41, 5.74) is 7.54. The van der Waals surface area contributed by atoms with Gasteiger partial charge in [0.2, 0.25) is 0 Å². The smallest absolute Gasteiger partial charge is 0.00268 e. The minimum absolute atomic E-state index is 1.24. The van der Waals surface area contributed by atoms with Crippen LogP contribution in [0.2, 0.25) is 0 Å². The van der Waals surface area contributed by atoms with E-state index < -0.39 is 0 Å². The summed E-state index contributed by atoms with van der Waals surface area (Å²) in [6.07, 6.45) is 0. The number of hydrogen-bond acceptors (Lipinski definition) is 0. The van der Waals surface area contributed by atoms with Crippen LogP contribution in [-0.2, 0) is 0 Å². The van der Waals surface area contributed by atoms with E-state index in [9.17, 15) is 0 Å². The molecule has 0 saturated carbocycles. The Morgan fingerprint density at radius 3 is 1.58 bits per heavy atom. The van der Waals surface area contributed by atoms with Crippen molar-refractivity contribution in [1.82, 2.24) is 0 Å². The predicted octanol–water partition coefficient (Wildman–Crippen LogP) is 10.1. The Morgan fingerprint density at radius 1 is 0.278 bits per heavy atom. The summed E-state index contributed by atoms with van der Waals surface area (Å²) in [5.74, 6) is 0. The fourth-order valence-corrected chi connectivity index (χ4v) is 5.48. The van der Waals surface area contributed by atoms with Gasteiger partial charge in [0.05, 0.1) is 0 Å². The third kappa shape index (κ3) is 3.47. The van der Waals surface area contributed by atoms with Crippen LogP contribution in [0.15, 0.2) is 146 Å². The number of hydrogen-bond donors (Lipinski definition) is 0. The zero-order valence-electron chi connectivity index (χ0n) is 19.9. The molecule has 0 heterocycles. The first-order valence-electron chi connectivity index (χ1n) is 12.4. The molecule has 36 heavy (non-hydrogen) atoms. The standard InChI is InChI=1S/C36H24/c1-2-9-25(10-3-1)32-13-6-7-14-33(32)30-21-19-29-24-31(22-20-28(29)23-30)35-16-8-12-27-18-17-26-11-4-5-15-34(26)36(27)35/h1-24H. The van der Waals surface area contributed by atoms with Crippen LogP contribution >= 0.6 is 0 Å². The molecule has 0 N–H and O–H groups in total. The lowest BCUT2D eigenvalue weighted by Crippen LogP contribution is -1.87. The molecule has 0 spiro atoms. The summed E-state index contributed by atoms with van der Waals surface area (Å²) < 4.78 is 0. The molecule has 0 aliphatic carbocycles. The molecule has 0 amide bonds. The van der Waals surface area contributed by atoms with Crippen molar-refractivity contribution in [2.75, 3.05) is 0 Å². The van der Waals surface area contributed by atoms with Gasteiger partial charge in [-0.25, -0.2) is 0 Å². The van der Waals surface area contributed by atoms with Gasteiger partial charge in [-0.3, -0.25) is 0 Å². The highest BCUT2D eigenvalue weighted by Gasteiger charge is 2.10. The number of fused-ring (bicyclic) bond motifs is 4. The predicted molar refractivity (Wildman–Crippen MR) is 155 cm³/mol. The van der Waals surface area contributed by atoms with Gasteiger partial charge in [0.25, 0.3) is 0 Å².